The molecule has 6 nitrogen and oxygen atoms in total. The number of sulfonamides is 1. The van der Waals surface area contributed by atoms with E-state index in [1.54, 1.807) is 0 Å². The molecule has 3 aromatic rings. The highest BCUT2D eigenvalue weighted by molar-refractivity contribution is 7.92. The van der Waals surface area contributed by atoms with Crippen molar-refractivity contribution in [2.24, 2.45) is 0 Å². The first-order valence-electron chi connectivity index (χ1n) is 9.43. The summed E-state index contributed by atoms with van der Waals surface area (Å²) in [4.78, 5) is 11.9. The number of nitrogens with zero attached hydrogens (tertiary/aromatic N) is 1. The minimum atomic E-state index is -3.67. The number of carbonyl (C=O) groups is 1. The van der Waals surface area contributed by atoms with E-state index in [0.717, 1.165) is 16.6 Å². The van der Waals surface area contributed by atoms with Gasteiger partial charge in [0.15, 0.2) is 24.1 Å². The van der Waals surface area contributed by atoms with Gasteiger partial charge in [-0.25, -0.2) is 26.0 Å². The number of rotatable bonds is 8. The van der Waals surface area contributed by atoms with Crippen LogP contribution in [-0.4, -0.2) is 27.2 Å². The molecule has 0 saturated heterocycles. The number of ether oxygens (including phenoxy) is 1. The molecule has 0 aliphatic rings. The first-order valence-corrected chi connectivity index (χ1v) is 11.3. The third-order valence-corrected chi connectivity index (χ3v) is 5.58. The van der Waals surface area contributed by atoms with Crippen molar-refractivity contribution >= 4 is 27.3 Å². The van der Waals surface area contributed by atoms with Crippen LogP contribution in [0.25, 0.3) is 0 Å². The maximum atomic E-state index is 13.6. The lowest BCUT2D eigenvalue weighted by molar-refractivity contribution is -0.118. The van der Waals surface area contributed by atoms with E-state index in [1.807, 2.05) is 0 Å². The number of hydrogen-bond donors (Lipinski definition) is 1. The highest BCUT2D eigenvalue weighted by atomic mass is 32.2. The first kappa shape index (κ1) is 24.1. The molecule has 1 N–H and O–H groups in total. The molecule has 0 aliphatic carbocycles. The summed E-state index contributed by atoms with van der Waals surface area (Å²) >= 11 is 0. The molecule has 174 valence electrons. The Labute approximate surface area is 187 Å². The van der Waals surface area contributed by atoms with Crippen LogP contribution in [0.1, 0.15) is 5.56 Å². The van der Waals surface area contributed by atoms with Gasteiger partial charge in [0.25, 0.3) is 5.91 Å². The molecule has 0 heterocycles. The molecule has 0 unspecified atom stereocenters. The van der Waals surface area contributed by atoms with Gasteiger partial charge in [-0.15, -0.1) is 0 Å². The molecule has 3 rings (SSSR count). The quantitative estimate of drug-likeness (QED) is 0.385. The summed E-state index contributed by atoms with van der Waals surface area (Å²) < 4.78 is 83.8. The largest absolute Gasteiger partial charge is 0.484 e. The van der Waals surface area contributed by atoms with Gasteiger partial charge in [0.05, 0.1) is 24.2 Å². The van der Waals surface area contributed by atoms with E-state index in [1.165, 1.54) is 48.5 Å². The van der Waals surface area contributed by atoms with E-state index in [4.69, 9.17) is 4.74 Å². The zero-order valence-corrected chi connectivity index (χ0v) is 18.0. The number of anilines is 2. The Morgan fingerprint density at radius 2 is 1.55 bits per heavy atom. The van der Waals surface area contributed by atoms with Crippen molar-refractivity contribution in [3.05, 3.63) is 89.5 Å². The van der Waals surface area contributed by atoms with E-state index in [-0.39, 0.29) is 12.3 Å². The van der Waals surface area contributed by atoms with Crippen molar-refractivity contribution in [1.82, 2.24) is 0 Å². The van der Waals surface area contributed by atoms with Gasteiger partial charge < -0.3 is 10.1 Å². The molecule has 33 heavy (non-hydrogen) atoms. The minimum Gasteiger partial charge on any atom is -0.484 e. The third kappa shape index (κ3) is 6.22. The zero-order chi connectivity index (χ0) is 24.2. The molecule has 0 fully saturated rings. The standard InChI is InChI=1S/C22H18F4N2O4S/c1-33(30,31)28(12-14-2-4-15(23)5-3-14)16-6-8-17(9-7-16)32-13-20(29)27-19-11-10-18(24)21(25)22(19)26/h2-11H,12-13H2,1H3,(H,27,29). The van der Waals surface area contributed by atoms with Gasteiger partial charge >= 0.3 is 0 Å². The van der Waals surface area contributed by atoms with Crippen LogP contribution in [0.2, 0.25) is 0 Å². The topological polar surface area (TPSA) is 75.7 Å². The van der Waals surface area contributed by atoms with E-state index < -0.39 is 51.5 Å². The van der Waals surface area contributed by atoms with Crippen LogP contribution in [-0.2, 0) is 21.4 Å². The zero-order valence-electron chi connectivity index (χ0n) is 17.2. The Bertz CT molecular complexity index is 1250. The van der Waals surface area contributed by atoms with Crippen molar-refractivity contribution in [1.29, 1.82) is 0 Å². The average molecular weight is 482 g/mol. The van der Waals surface area contributed by atoms with Gasteiger partial charge in [-0.05, 0) is 54.1 Å². The van der Waals surface area contributed by atoms with Crippen LogP contribution < -0.4 is 14.4 Å². The Kier molecular flexibility index (Phi) is 7.22. The van der Waals surface area contributed by atoms with Gasteiger partial charge in [-0.1, -0.05) is 12.1 Å². The van der Waals surface area contributed by atoms with Crippen LogP contribution in [0.5, 0.6) is 5.75 Å². The van der Waals surface area contributed by atoms with Crippen molar-refractivity contribution in [3.8, 4) is 5.75 Å². The van der Waals surface area contributed by atoms with Gasteiger partial charge in [0.1, 0.15) is 11.6 Å². The molecular weight excluding hydrogens is 464 g/mol. The van der Waals surface area contributed by atoms with E-state index in [0.29, 0.717) is 17.3 Å². The van der Waals surface area contributed by atoms with E-state index in [9.17, 15) is 30.8 Å². The maximum Gasteiger partial charge on any atom is 0.262 e. The average Bonchev–Trinajstić information content (AvgIpc) is 2.77. The fraction of sp³-hybridized carbons (Fsp3) is 0.136. The molecule has 0 aliphatic heterocycles. The Morgan fingerprint density at radius 1 is 0.909 bits per heavy atom. The fourth-order valence-corrected chi connectivity index (χ4v) is 3.71. The molecule has 11 heteroatoms. The van der Waals surface area contributed by atoms with Gasteiger partial charge in [0, 0.05) is 0 Å². The monoisotopic (exact) mass is 482 g/mol. The second-order valence-corrected chi connectivity index (χ2v) is 8.86. The van der Waals surface area contributed by atoms with Crippen LogP contribution in [0.4, 0.5) is 28.9 Å². The first-order chi connectivity index (χ1) is 15.5. The molecule has 0 saturated carbocycles. The summed E-state index contributed by atoms with van der Waals surface area (Å²) in [5.41, 5.74) is 0.341. The minimum absolute atomic E-state index is 0.0263. The molecule has 0 bridgehead atoms. The molecule has 1 amide bonds. The second kappa shape index (κ2) is 9.90. The van der Waals surface area contributed by atoms with Crippen molar-refractivity contribution in [2.45, 2.75) is 6.54 Å². The Balaban J connectivity index is 1.65. The molecule has 0 radical (unpaired) electrons. The lowest BCUT2D eigenvalue weighted by atomic mass is 10.2. The lowest BCUT2D eigenvalue weighted by Crippen LogP contribution is -2.29. The second-order valence-electron chi connectivity index (χ2n) is 6.95. The molecule has 0 aromatic heterocycles. The SMILES string of the molecule is CS(=O)(=O)N(Cc1ccc(F)cc1)c1ccc(OCC(=O)Nc2ccc(F)c(F)c2F)cc1. The van der Waals surface area contributed by atoms with Crippen LogP contribution >= 0.6 is 0 Å². The van der Waals surface area contributed by atoms with Gasteiger partial charge in [0.2, 0.25) is 10.0 Å². The third-order valence-electron chi connectivity index (χ3n) is 4.44. The van der Waals surface area contributed by atoms with Crippen molar-refractivity contribution < 1.29 is 35.5 Å². The molecule has 0 atom stereocenters. The Morgan fingerprint density at radius 3 is 2.15 bits per heavy atom. The summed E-state index contributed by atoms with van der Waals surface area (Å²) in [6, 6.07) is 12.7. The smallest absolute Gasteiger partial charge is 0.262 e. The van der Waals surface area contributed by atoms with E-state index >= 15 is 0 Å². The number of nitrogens with one attached hydrogen (secondary N) is 1. The summed E-state index contributed by atoms with van der Waals surface area (Å²) in [5.74, 6) is -5.69. The summed E-state index contributed by atoms with van der Waals surface area (Å²) in [5, 5.41) is 2.07. The van der Waals surface area contributed by atoms with Crippen molar-refractivity contribution in [3.63, 3.8) is 0 Å². The van der Waals surface area contributed by atoms with Gasteiger partial charge in [-0.2, -0.15) is 0 Å². The maximum absolute atomic E-state index is 13.6. The number of hydrogen-bond acceptors (Lipinski definition) is 4. The summed E-state index contributed by atoms with van der Waals surface area (Å²) in [6.45, 7) is -0.593. The predicted octanol–water partition coefficient (Wildman–Crippen LogP) is 4.23. The molecule has 3 aromatic carbocycles. The van der Waals surface area contributed by atoms with Crippen LogP contribution in [0, 0.1) is 23.3 Å². The highest BCUT2D eigenvalue weighted by Crippen LogP contribution is 2.24. The normalized spacial score (nSPS) is 11.2. The van der Waals surface area contributed by atoms with Crippen LogP contribution in [0.15, 0.2) is 60.7 Å². The van der Waals surface area contributed by atoms with Crippen LogP contribution in [0.3, 0.4) is 0 Å². The summed E-state index contributed by atoms with van der Waals surface area (Å²) in [6.07, 6.45) is 1.03. The highest BCUT2D eigenvalue weighted by Gasteiger charge is 2.19. The number of benzene rings is 3. The Hall–Kier alpha value is -3.60. The van der Waals surface area contributed by atoms with Gasteiger partial charge in [-0.3, -0.25) is 9.10 Å². The van der Waals surface area contributed by atoms with E-state index in [2.05, 4.69) is 5.32 Å². The summed E-state index contributed by atoms with van der Waals surface area (Å²) in [7, 11) is -3.67. The number of amides is 1. The van der Waals surface area contributed by atoms with Crippen molar-refractivity contribution in [2.75, 3.05) is 22.5 Å². The molecular formula is C22H18F4N2O4S. The fourth-order valence-electron chi connectivity index (χ4n) is 2.82. The number of halogens is 4. The predicted molar refractivity (Wildman–Crippen MR) is 114 cm³/mol. The molecule has 0 spiro atoms. The lowest BCUT2D eigenvalue weighted by Gasteiger charge is -2.22. The number of carbonyl (C=O) groups excluding carboxylic acids is 1.